The largest absolute Gasteiger partial charge is 0.492 e. The van der Waals surface area contributed by atoms with Gasteiger partial charge < -0.3 is 24.4 Å². The minimum Gasteiger partial charge on any atom is -0.492 e. The summed E-state index contributed by atoms with van der Waals surface area (Å²) in [4.78, 5) is 26.0. The molecule has 0 atom stereocenters. The second-order valence-electron chi connectivity index (χ2n) is 8.68. The summed E-state index contributed by atoms with van der Waals surface area (Å²) in [5, 5.41) is 7.13. The van der Waals surface area contributed by atoms with E-state index in [0.717, 1.165) is 30.1 Å². The SMILES string of the molecule is CCOc1ccccc1NC(=O)N1CCN(c2ccc(-c3noc(C4CCCC4)n3)cn2)CC1. The molecule has 3 heterocycles. The summed E-state index contributed by atoms with van der Waals surface area (Å²) in [6.45, 7) is 5.12. The molecule has 0 radical (unpaired) electrons. The van der Waals surface area contributed by atoms with Crippen molar-refractivity contribution in [1.82, 2.24) is 20.0 Å². The molecule has 1 aliphatic heterocycles. The number of piperazine rings is 1. The standard InChI is InChI=1S/C25H30N6O3/c1-2-33-21-10-6-5-9-20(21)27-25(32)31-15-13-30(14-16-31)22-12-11-19(17-26-22)23-28-24(34-29-23)18-7-3-4-8-18/h5-6,9-12,17-18H,2-4,7-8,13-16H2,1H3,(H,27,32). The third-order valence-electron chi connectivity index (χ3n) is 6.47. The molecule has 3 aromatic rings. The third-order valence-corrected chi connectivity index (χ3v) is 6.47. The number of carbonyl (C=O) groups excluding carboxylic acids is 1. The predicted octanol–water partition coefficient (Wildman–Crippen LogP) is 4.54. The van der Waals surface area contributed by atoms with Gasteiger partial charge in [-0.05, 0) is 44.0 Å². The number of carbonyl (C=O) groups is 1. The van der Waals surface area contributed by atoms with Crippen LogP contribution in [0, 0.1) is 0 Å². The molecule has 2 aromatic heterocycles. The van der Waals surface area contributed by atoms with E-state index in [4.69, 9.17) is 9.26 Å². The maximum absolute atomic E-state index is 12.8. The highest BCUT2D eigenvalue weighted by molar-refractivity contribution is 5.91. The predicted molar refractivity (Wildman–Crippen MR) is 129 cm³/mol. The summed E-state index contributed by atoms with van der Waals surface area (Å²) in [6, 6.07) is 11.3. The quantitative estimate of drug-likeness (QED) is 0.574. The van der Waals surface area contributed by atoms with Crippen LogP contribution in [0.1, 0.15) is 44.4 Å². The smallest absolute Gasteiger partial charge is 0.322 e. The van der Waals surface area contributed by atoms with Gasteiger partial charge in [-0.15, -0.1) is 0 Å². The van der Waals surface area contributed by atoms with Gasteiger partial charge in [-0.25, -0.2) is 9.78 Å². The van der Waals surface area contributed by atoms with Crippen LogP contribution in [-0.4, -0.2) is 58.8 Å². The van der Waals surface area contributed by atoms with E-state index >= 15 is 0 Å². The van der Waals surface area contributed by atoms with Crippen molar-refractivity contribution in [3.63, 3.8) is 0 Å². The highest BCUT2D eigenvalue weighted by Crippen LogP contribution is 2.34. The third kappa shape index (κ3) is 4.83. The summed E-state index contributed by atoms with van der Waals surface area (Å²) in [5.41, 5.74) is 1.54. The lowest BCUT2D eigenvalue weighted by Gasteiger charge is -2.35. The molecule has 0 spiro atoms. The molecule has 0 unspecified atom stereocenters. The van der Waals surface area contributed by atoms with Gasteiger partial charge in [0.1, 0.15) is 11.6 Å². The minimum atomic E-state index is -0.120. The number of nitrogens with zero attached hydrogens (tertiary/aromatic N) is 5. The van der Waals surface area contributed by atoms with E-state index in [1.54, 1.807) is 6.20 Å². The first-order valence-corrected chi connectivity index (χ1v) is 12.0. The summed E-state index contributed by atoms with van der Waals surface area (Å²) in [5.74, 6) is 3.29. The molecule has 1 aliphatic carbocycles. The van der Waals surface area contributed by atoms with Crippen LogP contribution in [-0.2, 0) is 0 Å². The lowest BCUT2D eigenvalue weighted by Crippen LogP contribution is -2.50. The van der Waals surface area contributed by atoms with Crippen molar-refractivity contribution in [1.29, 1.82) is 0 Å². The number of hydrogen-bond donors (Lipinski definition) is 1. The summed E-state index contributed by atoms with van der Waals surface area (Å²) in [6.07, 6.45) is 6.51. The number of hydrogen-bond acceptors (Lipinski definition) is 7. The van der Waals surface area contributed by atoms with Crippen LogP contribution >= 0.6 is 0 Å². The van der Waals surface area contributed by atoms with Gasteiger partial charge in [0, 0.05) is 43.9 Å². The van der Waals surface area contributed by atoms with Crippen molar-refractivity contribution in [3.05, 3.63) is 48.5 Å². The molecule has 1 saturated heterocycles. The molecule has 0 bridgehead atoms. The molecule has 1 N–H and O–H groups in total. The van der Waals surface area contributed by atoms with Gasteiger partial charge in [-0.3, -0.25) is 0 Å². The fourth-order valence-corrected chi connectivity index (χ4v) is 4.58. The van der Waals surface area contributed by atoms with Crippen LogP contribution in [0.25, 0.3) is 11.4 Å². The summed E-state index contributed by atoms with van der Waals surface area (Å²) < 4.78 is 11.1. The lowest BCUT2D eigenvalue weighted by molar-refractivity contribution is 0.208. The van der Waals surface area contributed by atoms with Gasteiger partial charge in [0.2, 0.25) is 11.7 Å². The Kier molecular flexibility index (Phi) is 6.60. The number of para-hydroxylation sites is 2. The molecule has 2 aliphatic rings. The Morgan fingerprint density at radius 3 is 2.65 bits per heavy atom. The van der Waals surface area contributed by atoms with Gasteiger partial charge >= 0.3 is 6.03 Å². The monoisotopic (exact) mass is 462 g/mol. The van der Waals surface area contributed by atoms with E-state index in [9.17, 15) is 4.79 Å². The highest BCUT2D eigenvalue weighted by atomic mass is 16.5. The number of nitrogens with one attached hydrogen (secondary N) is 1. The number of pyridine rings is 1. The zero-order chi connectivity index (χ0) is 23.3. The number of rotatable bonds is 6. The number of urea groups is 1. The Balaban J connectivity index is 1.16. The Morgan fingerprint density at radius 2 is 1.91 bits per heavy atom. The number of anilines is 2. The van der Waals surface area contributed by atoms with Gasteiger partial charge in [0.25, 0.3) is 0 Å². The fourth-order valence-electron chi connectivity index (χ4n) is 4.58. The molecule has 5 rings (SSSR count). The van der Waals surface area contributed by atoms with E-state index in [2.05, 4.69) is 25.3 Å². The number of aromatic nitrogens is 3. The second kappa shape index (κ2) is 10.1. The fraction of sp³-hybridized carbons (Fsp3) is 0.440. The first-order chi connectivity index (χ1) is 16.7. The molecule has 2 amide bonds. The topological polar surface area (TPSA) is 96.6 Å². The number of benzene rings is 1. The first kappa shape index (κ1) is 22.2. The zero-order valence-corrected chi connectivity index (χ0v) is 19.4. The normalized spacial score (nSPS) is 16.6. The molecule has 34 heavy (non-hydrogen) atoms. The molecular weight excluding hydrogens is 432 g/mol. The van der Waals surface area contributed by atoms with E-state index in [0.29, 0.717) is 56.0 Å². The van der Waals surface area contributed by atoms with Crippen molar-refractivity contribution < 1.29 is 14.1 Å². The highest BCUT2D eigenvalue weighted by Gasteiger charge is 2.25. The van der Waals surface area contributed by atoms with E-state index in [-0.39, 0.29) is 6.03 Å². The van der Waals surface area contributed by atoms with Crippen LogP contribution in [0.15, 0.2) is 47.1 Å². The van der Waals surface area contributed by atoms with Crippen LogP contribution in [0.2, 0.25) is 0 Å². The van der Waals surface area contributed by atoms with Crippen LogP contribution < -0.4 is 15.0 Å². The zero-order valence-electron chi connectivity index (χ0n) is 19.4. The van der Waals surface area contributed by atoms with E-state index in [1.807, 2.05) is 48.2 Å². The average Bonchev–Trinajstić information content (AvgIpc) is 3.58. The van der Waals surface area contributed by atoms with Crippen molar-refractivity contribution in [2.75, 3.05) is 43.0 Å². The van der Waals surface area contributed by atoms with Crippen LogP contribution in [0.4, 0.5) is 16.3 Å². The van der Waals surface area contributed by atoms with Crippen LogP contribution in [0.3, 0.4) is 0 Å². The molecule has 1 saturated carbocycles. The van der Waals surface area contributed by atoms with Crippen molar-refractivity contribution in [2.24, 2.45) is 0 Å². The summed E-state index contributed by atoms with van der Waals surface area (Å²) >= 11 is 0. The van der Waals surface area contributed by atoms with Gasteiger partial charge in [0.05, 0.1) is 12.3 Å². The Hall–Kier alpha value is -3.62. The second-order valence-corrected chi connectivity index (χ2v) is 8.68. The molecule has 9 nitrogen and oxygen atoms in total. The Morgan fingerprint density at radius 1 is 1.12 bits per heavy atom. The average molecular weight is 463 g/mol. The maximum Gasteiger partial charge on any atom is 0.322 e. The summed E-state index contributed by atoms with van der Waals surface area (Å²) in [7, 11) is 0. The van der Waals surface area contributed by atoms with E-state index in [1.165, 1.54) is 12.8 Å². The number of amides is 2. The molecule has 1 aromatic carbocycles. The number of ether oxygens (including phenoxy) is 1. The van der Waals surface area contributed by atoms with Gasteiger partial charge in [-0.2, -0.15) is 4.98 Å². The minimum absolute atomic E-state index is 0.120. The Bertz CT molecular complexity index is 1100. The van der Waals surface area contributed by atoms with E-state index < -0.39 is 0 Å². The lowest BCUT2D eigenvalue weighted by atomic mass is 10.1. The molecule has 178 valence electrons. The van der Waals surface area contributed by atoms with Crippen LogP contribution in [0.5, 0.6) is 5.75 Å². The van der Waals surface area contributed by atoms with Crippen molar-refractivity contribution >= 4 is 17.5 Å². The van der Waals surface area contributed by atoms with Gasteiger partial charge in [0.15, 0.2) is 0 Å². The van der Waals surface area contributed by atoms with Gasteiger partial charge in [-0.1, -0.05) is 30.1 Å². The first-order valence-electron chi connectivity index (χ1n) is 12.0. The van der Waals surface area contributed by atoms with Crippen molar-refractivity contribution in [3.8, 4) is 17.1 Å². The molecular formula is C25H30N6O3. The molecule has 2 fully saturated rings. The van der Waals surface area contributed by atoms with Crippen molar-refractivity contribution in [2.45, 2.75) is 38.5 Å². The Labute approximate surface area is 199 Å². The molecule has 9 heteroatoms. The maximum atomic E-state index is 12.8.